The quantitative estimate of drug-likeness (QED) is 0.514. The van der Waals surface area contributed by atoms with Crippen LogP contribution in [0.4, 0.5) is 5.69 Å². The number of amides is 2. The normalized spacial score (nSPS) is 11.0. The second-order valence-corrected chi connectivity index (χ2v) is 7.05. The van der Waals surface area contributed by atoms with E-state index in [-0.39, 0.29) is 18.9 Å². The minimum atomic E-state index is -0.402. The smallest absolute Gasteiger partial charge is 0.277 e. The van der Waals surface area contributed by atoms with Crippen LogP contribution in [0.3, 0.4) is 0 Å². The number of rotatable bonds is 7. The Labute approximate surface area is 167 Å². The first-order valence-corrected chi connectivity index (χ1v) is 9.20. The van der Waals surface area contributed by atoms with Crippen LogP contribution >= 0.6 is 15.9 Å². The van der Waals surface area contributed by atoms with E-state index in [1.54, 1.807) is 13.0 Å². The zero-order chi connectivity index (χ0) is 19.8. The summed E-state index contributed by atoms with van der Waals surface area (Å²) in [6.07, 6.45) is 0.0819. The number of benzene rings is 2. The van der Waals surface area contributed by atoms with Crippen molar-refractivity contribution in [2.75, 3.05) is 11.9 Å². The molecule has 2 aromatic rings. The van der Waals surface area contributed by atoms with Crippen LogP contribution in [-0.2, 0) is 9.59 Å². The average Bonchev–Trinajstić information content (AvgIpc) is 2.59. The summed E-state index contributed by atoms with van der Waals surface area (Å²) in [5.74, 6) is -0.0224. The number of nitrogens with one attached hydrogen (secondary N) is 2. The maximum absolute atomic E-state index is 12.0. The summed E-state index contributed by atoms with van der Waals surface area (Å²) in [6, 6.07) is 13.1. The third kappa shape index (κ3) is 7.22. The highest BCUT2D eigenvalue weighted by Crippen LogP contribution is 2.25. The molecule has 7 heteroatoms. The van der Waals surface area contributed by atoms with Gasteiger partial charge in [0.05, 0.1) is 10.9 Å². The van der Waals surface area contributed by atoms with Crippen molar-refractivity contribution in [2.45, 2.75) is 27.2 Å². The van der Waals surface area contributed by atoms with Gasteiger partial charge in [-0.15, -0.1) is 0 Å². The Morgan fingerprint density at radius 2 is 1.81 bits per heavy atom. The van der Waals surface area contributed by atoms with E-state index in [1.165, 1.54) is 0 Å². The van der Waals surface area contributed by atoms with Gasteiger partial charge in [-0.2, -0.15) is 5.10 Å². The van der Waals surface area contributed by atoms with Crippen LogP contribution in [0.25, 0.3) is 0 Å². The van der Waals surface area contributed by atoms with Crippen LogP contribution < -0.4 is 15.5 Å². The van der Waals surface area contributed by atoms with Crippen LogP contribution in [0.5, 0.6) is 5.75 Å². The van der Waals surface area contributed by atoms with Crippen molar-refractivity contribution in [1.29, 1.82) is 0 Å². The molecule has 2 aromatic carbocycles. The maximum Gasteiger partial charge on any atom is 0.277 e. The third-order valence-corrected chi connectivity index (χ3v) is 4.16. The van der Waals surface area contributed by atoms with E-state index in [0.717, 1.165) is 21.3 Å². The van der Waals surface area contributed by atoms with Gasteiger partial charge in [-0.3, -0.25) is 9.59 Å². The van der Waals surface area contributed by atoms with E-state index < -0.39 is 5.91 Å². The summed E-state index contributed by atoms with van der Waals surface area (Å²) in [4.78, 5) is 23.9. The van der Waals surface area contributed by atoms with Gasteiger partial charge < -0.3 is 10.1 Å². The Morgan fingerprint density at radius 3 is 2.52 bits per heavy atom. The van der Waals surface area contributed by atoms with E-state index >= 15 is 0 Å². The van der Waals surface area contributed by atoms with Crippen molar-refractivity contribution in [1.82, 2.24) is 5.43 Å². The van der Waals surface area contributed by atoms with Crippen molar-refractivity contribution in [2.24, 2.45) is 5.10 Å². The molecular formula is C20H22BrN3O3. The van der Waals surface area contributed by atoms with Gasteiger partial charge >= 0.3 is 0 Å². The second kappa shape index (κ2) is 9.87. The first kappa shape index (κ1) is 20.6. The number of hydrogen-bond donors (Lipinski definition) is 2. The van der Waals surface area contributed by atoms with Gasteiger partial charge in [0.15, 0.2) is 6.61 Å². The summed E-state index contributed by atoms with van der Waals surface area (Å²) in [5, 5.41) is 6.73. The summed E-state index contributed by atoms with van der Waals surface area (Å²) >= 11 is 3.39. The lowest BCUT2D eigenvalue weighted by Crippen LogP contribution is -2.26. The SMILES string of the molecule is C/C(CC(=O)Nc1cccc(C)c1)=N\NC(=O)COc1ccc(C)cc1Br. The van der Waals surface area contributed by atoms with Gasteiger partial charge in [-0.1, -0.05) is 18.2 Å². The molecule has 0 bridgehead atoms. The molecule has 0 radical (unpaired) electrons. The molecule has 142 valence electrons. The summed E-state index contributed by atoms with van der Waals surface area (Å²) in [7, 11) is 0. The van der Waals surface area contributed by atoms with E-state index in [0.29, 0.717) is 11.5 Å². The minimum absolute atomic E-state index is 0.0819. The molecule has 0 spiro atoms. The van der Waals surface area contributed by atoms with Crippen molar-refractivity contribution in [3.63, 3.8) is 0 Å². The van der Waals surface area contributed by atoms with Crippen LogP contribution in [0, 0.1) is 13.8 Å². The molecule has 0 aliphatic carbocycles. The molecule has 0 aromatic heterocycles. The molecule has 2 rings (SSSR count). The van der Waals surface area contributed by atoms with Gasteiger partial charge in [0.2, 0.25) is 5.91 Å². The average molecular weight is 432 g/mol. The van der Waals surface area contributed by atoms with Crippen molar-refractivity contribution < 1.29 is 14.3 Å². The lowest BCUT2D eigenvalue weighted by atomic mass is 10.2. The largest absolute Gasteiger partial charge is 0.483 e. The van der Waals surface area contributed by atoms with Gasteiger partial charge in [-0.25, -0.2) is 5.43 Å². The van der Waals surface area contributed by atoms with E-state index in [2.05, 4.69) is 31.8 Å². The summed E-state index contributed by atoms with van der Waals surface area (Å²) in [5.41, 5.74) is 5.76. The Kier molecular flexibility index (Phi) is 7.55. The molecule has 6 nitrogen and oxygen atoms in total. The molecular weight excluding hydrogens is 410 g/mol. The lowest BCUT2D eigenvalue weighted by molar-refractivity contribution is -0.123. The number of anilines is 1. The molecule has 0 aliphatic rings. The molecule has 0 saturated heterocycles. The van der Waals surface area contributed by atoms with Crippen LogP contribution in [0.2, 0.25) is 0 Å². The Balaban J connectivity index is 1.78. The van der Waals surface area contributed by atoms with Crippen molar-refractivity contribution in [3.05, 3.63) is 58.1 Å². The first-order chi connectivity index (χ1) is 12.8. The zero-order valence-electron chi connectivity index (χ0n) is 15.5. The number of carbonyl (C=O) groups excluding carboxylic acids is 2. The minimum Gasteiger partial charge on any atom is -0.483 e. The van der Waals surface area contributed by atoms with Gasteiger partial charge in [0, 0.05) is 11.4 Å². The highest BCUT2D eigenvalue weighted by Gasteiger charge is 2.07. The number of hydrogen-bond acceptors (Lipinski definition) is 4. The molecule has 2 N–H and O–H groups in total. The summed E-state index contributed by atoms with van der Waals surface area (Å²) in [6.45, 7) is 5.42. The molecule has 0 atom stereocenters. The van der Waals surface area contributed by atoms with Crippen LogP contribution in [-0.4, -0.2) is 24.1 Å². The zero-order valence-corrected chi connectivity index (χ0v) is 17.1. The molecule has 27 heavy (non-hydrogen) atoms. The molecule has 2 amide bonds. The fraction of sp³-hybridized carbons (Fsp3) is 0.250. The monoisotopic (exact) mass is 431 g/mol. The van der Waals surface area contributed by atoms with Crippen LogP contribution in [0.1, 0.15) is 24.5 Å². The predicted octanol–water partition coefficient (Wildman–Crippen LogP) is 3.97. The standard InChI is InChI=1S/C20H22BrN3O3/c1-13-5-4-6-16(9-13)22-19(25)11-15(3)23-24-20(26)12-27-18-8-7-14(2)10-17(18)21/h4-10H,11-12H2,1-3H3,(H,22,25)(H,24,26)/b23-15+. The topological polar surface area (TPSA) is 79.8 Å². The molecule has 0 aliphatic heterocycles. The van der Waals surface area contributed by atoms with E-state index in [1.807, 2.05) is 50.2 Å². The second-order valence-electron chi connectivity index (χ2n) is 6.20. The number of aryl methyl sites for hydroxylation is 2. The molecule has 0 unspecified atom stereocenters. The summed E-state index contributed by atoms with van der Waals surface area (Å²) < 4.78 is 6.23. The number of nitrogens with zero attached hydrogens (tertiary/aromatic N) is 1. The van der Waals surface area contributed by atoms with Gasteiger partial charge in [0.1, 0.15) is 5.75 Å². The fourth-order valence-electron chi connectivity index (χ4n) is 2.26. The Bertz CT molecular complexity index is 865. The van der Waals surface area contributed by atoms with Crippen molar-refractivity contribution in [3.8, 4) is 5.75 Å². The third-order valence-electron chi connectivity index (χ3n) is 3.54. The predicted molar refractivity (Wildman–Crippen MR) is 110 cm³/mol. The highest BCUT2D eigenvalue weighted by molar-refractivity contribution is 9.10. The van der Waals surface area contributed by atoms with Gasteiger partial charge in [0.25, 0.3) is 5.91 Å². The Morgan fingerprint density at radius 1 is 1.07 bits per heavy atom. The Hall–Kier alpha value is -2.67. The number of carbonyl (C=O) groups is 2. The van der Waals surface area contributed by atoms with E-state index in [9.17, 15) is 9.59 Å². The number of hydrazone groups is 1. The number of ether oxygens (including phenoxy) is 1. The maximum atomic E-state index is 12.0. The highest BCUT2D eigenvalue weighted by atomic mass is 79.9. The van der Waals surface area contributed by atoms with Crippen molar-refractivity contribution >= 4 is 39.1 Å². The molecule has 0 heterocycles. The fourth-order valence-corrected chi connectivity index (χ4v) is 2.86. The van der Waals surface area contributed by atoms with Crippen LogP contribution in [0.15, 0.2) is 52.0 Å². The van der Waals surface area contributed by atoms with E-state index in [4.69, 9.17) is 4.74 Å². The number of halogens is 1. The first-order valence-electron chi connectivity index (χ1n) is 8.41. The molecule has 0 fully saturated rings. The molecule has 0 saturated carbocycles. The van der Waals surface area contributed by atoms with Gasteiger partial charge in [-0.05, 0) is 72.1 Å². The lowest BCUT2D eigenvalue weighted by Gasteiger charge is -2.08.